The molecule has 0 aliphatic heterocycles. The normalized spacial score (nSPS) is 35.5. The van der Waals surface area contributed by atoms with Crippen LogP contribution >= 0.6 is 0 Å². The lowest BCUT2D eigenvalue weighted by Gasteiger charge is -2.72. The average Bonchev–Trinajstić information content (AvgIpc) is 3.65. The molecule has 0 saturated heterocycles. The molecule has 10 nitrogen and oxygen atoms in total. The lowest BCUT2D eigenvalue weighted by molar-refractivity contribution is -0.232. The fourth-order valence-electron chi connectivity index (χ4n) is 13.4. The number of hydrogen-bond donors (Lipinski definition) is 2. The largest absolute Gasteiger partial charge is 0.481 e. The van der Waals surface area contributed by atoms with E-state index in [4.69, 9.17) is 15.6 Å². The van der Waals surface area contributed by atoms with Crippen LogP contribution < -0.4 is 5.73 Å². The Kier molecular flexibility index (Phi) is 9.62. The lowest BCUT2D eigenvalue weighted by atomic mass is 9.33. The maximum Gasteiger partial charge on any atom is 0.309 e. The zero-order chi connectivity index (χ0) is 40.1. The molecular formula is C44H62FN5O5. The Bertz CT molecular complexity index is 1920. The number of aliphatic carboxylic acids is 1. The van der Waals surface area contributed by atoms with Crippen molar-refractivity contribution in [2.45, 2.75) is 145 Å². The first-order chi connectivity index (χ1) is 25.7. The number of esters is 1. The van der Waals surface area contributed by atoms with Crippen LogP contribution in [0.2, 0.25) is 0 Å². The Morgan fingerprint density at radius 1 is 1.00 bits per heavy atom. The number of ketones is 1. The number of nitrogens with zero attached hydrogens (tertiary/aromatic N) is 4. The number of aromatic nitrogens is 4. The van der Waals surface area contributed by atoms with Crippen molar-refractivity contribution in [3.05, 3.63) is 41.1 Å². The summed E-state index contributed by atoms with van der Waals surface area (Å²) in [6.07, 6.45) is 8.72. The molecule has 0 unspecified atom stereocenters. The van der Waals surface area contributed by atoms with Crippen molar-refractivity contribution in [1.29, 1.82) is 0 Å². The smallest absolute Gasteiger partial charge is 0.309 e. The molecule has 2 aromatic heterocycles. The number of carbonyl (C=O) groups excluding carboxylic acids is 2. The molecule has 11 heteroatoms. The predicted molar refractivity (Wildman–Crippen MR) is 207 cm³/mol. The lowest BCUT2D eigenvalue weighted by Crippen LogP contribution is -2.66. The van der Waals surface area contributed by atoms with E-state index in [2.05, 4.69) is 63.1 Å². The van der Waals surface area contributed by atoms with Gasteiger partial charge in [0.25, 0.3) is 0 Å². The van der Waals surface area contributed by atoms with Crippen LogP contribution in [0.25, 0.3) is 11.5 Å². The molecule has 0 radical (unpaired) electrons. The van der Waals surface area contributed by atoms with Crippen molar-refractivity contribution in [3.8, 4) is 11.5 Å². The summed E-state index contributed by atoms with van der Waals surface area (Å²) >= 11 is 0. The molecule has 2 aromatic rings. The molecule has 8 atom stereocenters. The maximum atomic E-state index is 14.4. The second-order valence-corrected chi connectivity index (χ2v) is 20.1. The van der Waals surface area contributed by atoms with Crippen LogP contribution in [0.4, 0.5) is 4.39 Å². The Balaban J connectivity index is 1.24. The van der Waals surface area contributed by atoms with Crippen molar-refractivity contribution in [1.82, 2.24) is 19.7 Å². The fourth-order valence-corrected chi connectivity index (χ4v) is 13.4. The summed E-state index contributed by atoms with van der Waals surface area (Å²) in [5, 5.41) is 19.2. The van der Waals surface area contributed by atoms with Crippen LogP contribution in [0.3, 0.4) is 0 Å². The summed E-state index contributed by atoms with van der Waals surface area (Å²) in [4.78, 5) is 43.6. The number of carboxylic acids is 1. The van der Waals surface area contributed by atoms with Crippen LogP contribution in [-0.2, 0) is 31.1 Å². The highest BCUT2D eigenvalue weighted by molar-refractivity contribution is 6.01. The zero-order valence-corrected chi connectivity index (χ0v) is 34.4. The minimum Gasteiger partial charge on any atom is -0.481 e. The minimum atomic E-state index is -1.18. The summed E-state index contributed by atoms with van der Waals surface area (Å²) < 4.78 is 22.1. The van der Waals surface area contributed by atoms with Crippen LogP contribution in [0.5, 0.6) is 0 Å². The third-order valence-corrected chi connectivity index (χ3v) is 16.3. The van der Waals surface area contributed by atoms with Gasteiger partial charge in [-0.25, -0.2) is 9.37 Å². The second-order valence-electron chi connectivity index (χ2n) is 20.1. The van der Waals surface area contributed by atoms with Gasteiger partial charge in [0, 0.05) is 24.9 Å². The molecule has 300 valence electrons. The third kappa shape index (κ3) is 5.78. The second kappa shape index (κ2) is 13.3. The first kappa shape index (κ1) is 39.8. The van der Waals surface area contributed by atoms with Crippen LogP contribution in [-0.4, -0.2) is 55.2 Å². The van der Waals surface area contributed by atoms with E-state index in [9.17, 15) is 23.9 Å². The molecule has 5 aliphatic rings. The molecule has 0 spiro atoms. The molecule has 7 rings (SSSR count). The summed E-state index contributed by atoms with van der Waals surface area (Å²) in [5.74, 6) is 0.737. The highest BCUT2D eigenvalue weighted by Gasteiger charge is 2.71. The van der Waals surface area contributed by atoms with Gasteiger partial charge in [0.2, 0.25) is 0 Å². The Morgan fingerprint density at radius 2 is 1.73 bits per heavy atom. The molecule has 3 N–H and O–H groups in total. The van der Waals surface area contributed by atoms with E-state index in [1.54, 1.807) is 19.9 Å². The van der Waals surface area contributed by atoms with Gasteiger partial charge < -0.3 is 20.1 Å². The van der Waals surface area contributed by atoms with E-state index in [0.717, 1.165) is 62.8 Å². The average molecular weight is 760 g/mol. The molecule has 0 amide bonds. The molecule has 2 heterocycles. The SMILES string of the molecule is CC(C)C1=C2[C@H]3CC[C@@H]4[C@@]5(C)CC[C@H](OC(=O)CC(C)(C)C(=O)O)C(C)(C)[C@@H]5CC[C@@]4(C)[C@]3(C)CC[C@@]2(c2nnc(-c3ccc(F)cn3)n2CCN)CC1=O. The van der Waals surface area contributed by atoms with Gasteiger partial charge in [0.15, 0.2) is 11.6 Å². The van der Waals surface area contributed by atoms with Crippen molar-refractivity contribution < 1.29 is 28.6 Å². The van der Waals surface area contributed by atoms with E-state index in [-0.39, 0.29) is 51.8 Å². The van der Waals surface area contributed by atoms with E-state index in [1.807, 2.05) is 0 Å². The number of pyridine rings is 1. The number of carbonyl (C=O) groups is 3. The number of halogens is 1. The number of ether oxygens (including phenoxy) is 1. The molecule has 55 heavy (non-hydrogen) atoms. The van der Waals surface area contributed by atoms with Gasteiger partial charge in [-0.1, -0.05) is 48.5 Å². The third-order valence-electron chi connectivity index (χ3n) is 16.3. The van der Waals surface area contributed by atoms with Crippen LogP contribution in [0, 0.1) is 56.6 Å². The maximum absolute atomic E-state index is 14.4. The predicted octanol–water partition coefficient (Wildman–Crippen LogP) is 8.08. The monoisotopic (exact) mass is 759 g/mol. The van der Waals surface area contributed by atoms with Gasteiger partial charge in [-0.05, 0) is 128 Å². The standard InChI is InChI=1S/C44H62FN5O5/c1-25(2)34-29(51)22-44(37-49-48-36(50(37)21-20-46)28-12-10-26(45)24-47-28)19-18-42(8)27(35(34)44)11-13-31-41(7)16-15-32(55-33(52)23-39(3,4)38(53)54)40(5,6)30(41)14-17-43(31,42)9/h10,12,24-25,27,30-32H,11,13-23,46H2,1-9H3,(H,53,54)/t27-,30+,31-,32+,41+,42-,43-,44-/m1/s1. The molecule has 4 saturated carbocycles. The number of carboxylic acid groups (broad SMARTS) is 1. The first-order valence-corrected chi connectivity index (χ1v) is 20.6. The number of allylic oxidation sites excluding steroid dienone is 2. The minimum absolute atomic E-state index is 0.00722. The van der Waals surface area contributed by atoms with Gasteiger partial charge in [0.05, 0.1) is 23.4 Å². The highest BCUT2D eigenvalue weighted by atomic mass is 19.1. The van der Waals surface area contributed by atoms with Crippen molar-refractivity contribution in [2.24, 2.45) is 56.5 Å². The summed E-state index contributed by atoms with van der Waals surface area (Å²) in [6.45, 7) is 20.4. The number of hydrogen-bond acceptors (Lipinski definition) is 8. The van der Waals surface area contributed by atoms with Gasteiger partial charge in [-0.15, -0.1) is 10.2 Å². The Labute approximate surface area is 325 Å². The number of fused-ring (bicyclic) bond motifs is 7. The molecule has 0 aromatic carbocycles. The summed E-state index contributed by atoms with van der Waals surface area (Å²) in [7, 11) is 0. The number of nitrogens with two attached hydrogens (primary N) is 1. The van der Waals surface area contributed by atoms with E-state index >= 15 is 0 Å². The van der Waals surface area contributed by atoms with Crippen LogP contribution in [0.15, 0.2) is 29.5 Å². The van der Waals surface area contributed by atoms with Crippen molar-refractivity contribution in [2.75, 3.05) is 6.54 Å². The topological polar surface area (TPSA) is 150 Å². The van der Waals surface area contributed by atoms with E-state index < -0.39 is 28.6 Å². The van der Waals surface area contributed by atoms with Gasteiger partial charge in [0.1, 0.15) is 23.4 Å². The van der Waals surface area contributed by atoms with Gasteiger partial charge in [-0.2, -0.15) is 0 Å². The van der Waals surface area contributed by atoms with Gasteiger partial charge in [-0.3, -0.25) is 14.4 Å². The van der Waals surface area contributed by atoms with Crippen molar-refractivity contribution >= 4 is 17.7 Å². The fraction of sp³-hybridized carbons (Fsp3) is 0.727. The van der Waals surface area contributed by atoms with E-state index in [1.165, 1.54) is 17.8 Å². The Hall–Kier alpha value is -3.47. The first-order valence-electron chi connectivity index (χ1n) is 20.6. The van der Waals surface area contributed by atoms with Crippen LogP contribution in [0.1, 0.15) is 132 Å². The molecule has 0 bridgehead atoms. The quantitative estimate of drug-likeness (QED) is 0.242. The molecule has 5 aliphatic carbocycles. The highest BCUT2D eigenvalue weighted by Crippen LogP contribution is 2.76. The molecule has 4 fully saturated rings. The van der Waals surface area contributed by atoms with E-state index in [0.29, 0.717) is 42.9 Å². The summed E-state index contributed by atoms with van der Waals surface area (Å²) in [5.41, 5.74) is 6.91. The summed E-state index contributed by atoms with van der Waals surface area (Å²) in [6, 6.07) is 3.01. The number of rotatable bonds is 9. The molecular weight excluding hydrogens is 698 g/mol. The zero-order valence-electron chi connectivity index (χ0n) is 34.4. The van der Waals surface area contributed by atoms with Crippen molar-refractivity contribution in [3.63, 3.8) is 0 Å². The Morgan fingerprint density at radius 3 is 2.36 bits per heavy atom. The van der Waals surface area contributed by atoms with Gasteiger partial charge >= 0.3 is 11.9 Å². The number of Topliss-reactive ketones (excluding diaryl/α,β-unsaturated/α-hetero) is 1.